The van der Waals surface area contributed by atoms with E-state index in [1.165, 1.54) is 0 Å². The maximum Gasteiger partial charge on any atom is 0.337 e. The molecule has 0 aromatic heterocycles. The Morgan fingerprint density at radius 1 is 0.742 bits per heavy atom. The number of hydrogen-bond donors (Lipinski definition) is 8. The van der Waals surface area contributed by atoms with Crippen LogP contribution in [0.3, 0.4) is 0 Å². The lowest BCUT2D eigenvalue weighted by Gasteiger charge is -2.23. The topological polar surface area (TPSA) is 231 Å². The molecule has 0 atom stereocenters. The first kappa shape index (κ1) is 28.2. The van der Waals surface area contributed by atoms with Crippen LogP contribution in [-0.4, -0.2) is 75.1 Å². The highest BCUT2D eigenvalue weighted by Gasteiger charge is 2.29. The molecular weight excluding hydrogens is 420 g/mol. The molecule has 0 saturated carbocycles. The van der Waals surface area contributed by atoms with Crippen molar-refractivity contribution in [1.29, 1.82) is 0 Å². The van der Waals surface area contributed by atoms with Crippen LogP contribution in [0.1, 0.15) is 51.4 Å². The fraction of sp³-hybridized carbons (Fsp3) is 0.647. The van der Waals surface area contributed by atoms with Gasteiger partial charge in [0.1, 0.15) is 17.9 Å². The molecule has 14 heteroatoms. The molecule has 14 nitrogen and oxygen atoms in total. The molecular formula is C17H28N4O10. The normalized spacial score (nSPS) is 11.4. The summed E-state index contributed by atoms with van der Waals surface area (Å²) in [6.07, 6.45) is 0.125. The number of Topliss-reactive ketones (excluding diaryl/α,β-unsaturated/α-hetero) is 2. The van der Waals surface area contributed by atoms with Gasteiger partial charge in [-0.3, -0.25) is 39.9 Å². The Morgan fingerprint density at radius 2 is 1.26 bits per heavy atom. The van der Waals surface area contributed by atoms with Crippen molar-refractivity contribution in [2.24, 2.45) is 0 Å². The smallest absolute Gasteiger partial charge is 0.336 e. The Hall–Kier alpha value is -2.78. The van der Waals surface area contributed by atoms with Crippen molar-refractivity contribution in [2.45, 2.75) is 63.4 Å². The number of rotatable bonds is 18. The van der Waals surface area contributed by atoms with Crippen molar-refractivity contribution in [3.8, 4) is 0 Å². The van der Waals surface area contributed by atoms with Gasteiger partial charge in [-0.1, -0.05) is 0 Å². The third-order valence-electron chi connectivity index (χ3n) is 3.63. The summed E-state index contributed by atoms with van der Waals surface area (Å²) in [4.78, 5) is 66.8. The number of aliphatic hydroxyl groups is 4. The molecule has 0 saturated heterocycles. The van der Waals surface area contributed by atoms with Crippen LogP contribution in [0, 0.1) is 0 Å². The first-order valence-electron chi connectivity index (χ1n) is 9.35. The molecule has 0 bridgehead atoms. The van der Waals surface area contributed by atoms with Gasteiger partial charge in [-0.15, -0.1) is 0 Å². The van der Waals surface area contributed by atoms with E-state index in [2.05, 4.69) is 5.32 Å². The van der Waals surface area contributed by atoms with Crippen molar-refractivity contribution in [2.75, 3.05) is 6.54 Å². The monoisotopic (exact) mass is 448 g/mol. The number of aldehydes is 1. The van der Waals surface area contributed by atoms with E-state index in [0.717, 1.165) is 0 Å². The second-order valence-electron chi connectivity index (χ2n) is 6.58. The molecule has 0 aliphatic heterocycles. The lowest BCUT2D eigenvalue weighted by atomic mass is 10.1. The largest absolute Gasteiger partial charge is 0.337 e. The second kappa shape index (κ2) is 14.3. The Kier molecular flexibility index (Phi) is 13.0. The molecule has 176 valence electrons. The number of nitrogens with one attached hydrogen (secondary N) is 4. The number of carbonyl (C=O) groups excluding carboxylic acids is 6. The molecule has 0 heterocycles. The maximum absolute atomic E-state index is 11.7. The summed E-state index contributed by atoms with van der Waals surface area (Å²) in [6.45, 7) is 0.0314. The zero-order valence-corrected chi connectivity index (χ0v) is 16.8. The summed E-state index contributed by atoms with van der Waals surface area (Å²) in [7, 11) is 0. The SMILES string of the molecule is O=CCCCC(=O)CC(=O)NC(O)(O)NC(=O)CC(=O)CCCCNC(O)(O)NC=O. The lowest BCUT2D eigenvalue weighted by molar-refractivity contribution is -0.210. The van der Waals surface area contributed by atoms with Gasteiger partial charge in [-0.05, 0) is 19.3 Å². The standard InChI is InChI=1S/C17H28N4O10/c22-8-4-2-6-13(25)10-15(27)21-17(30,31)20-14(26)9-12(24)5-1-3-7-18-16(28,29)19-11-23/h8,11,18,28-31H,1-7,9-10H2,(H,19,23)(H,20,26)(H,21,27). The van der Waals surface area contributed by atoms with Gasteiger partial charge >= 0.3 is 12.1 Å². The highest BCUT2D eigenvalue weighted by Crippen LogP contribution is 2.02. The van der Waals surface area contributed by atoms with Crippen molar-refractivity contribution in [3.05, 3.63) is 0 Å². The van der Waals surface area contributed by atoms with Crippen LogP contribution in [0.5, 0.6) is 0 Å². The van der Waals surface area contributed by atoms with Crippen LogP contribution in [-0.2, 0) is 28.8 Å². The summed E-state index contributed by atoms with van der Waals surface area (Å²) >= 11 is 0. The van der Waals surface area contributed by atoms with E-state index >= 15 is 0 Å². The molecule has 0 spiro atoms. The molecule has 0 aromatic carbocycles. The van der Waals surface area contributed by atoms with Crippen LogP contribution in [0.2, 0.25) is 0 Å². The second-order valence-corrected chi connectivity index (χ2v) is 6.58. The van der Waals surface area contributed by atoms with Gasteiger partial charge in [0.15, 0.2) is 0 Å². The molecule has 0 radical (unpaired) electrons. The first-order valence-corrected chi connectivity index (χ1v) is 9.35. The number of unbranched alkanes of at least 4 members (excludes halogenated alkanes) is 2. The van der Waals surface area contributed by atoms with Gasteiger partial charge in [-0.25, -0.2) is 5.32 Å². The van der Waals surface area contributed by atoms with E-state index in [0.29, 0.717) is 6.29 Å². The zero-order valence-electron chi connectivity index (χ0n) is 16.8. The van der Waals surface area contributed by atoms with E-state index in [1.54, 1.807) is 16.0 Å². The number of carbonyl (C=O) groups is 6. The summed E-state index contributed by atoms with van der Waals surface area (Å²) in [5, 5.41) is 44.7. The quantitative estimate of drug-likeness (QED) is 0.0438. The summed E-state index contributed by atoms with van der Waals surface area (Å²) in [6, 6.07) is -5.75. The molecule has 3 amide bonds. The zero-order chi connectivity index (χ0) is 23.9. The fourth-order valence-corrected chi connectivity index (χ4v) is 2.27. The first-order chi connectivity index (χ1) is 14.4. The van der Waals surface area contributed by atoms with E-state index in [-0.39, 0.29) is 51.5 Å². The van der Waals surface area contributed by atoms with Gasteiger partial charge in [0.05, 0.1) is 12.8 Å². The van der Waals surface area contributed by atoms with Gasteiger partial charge < -0.3 is 25.2 Å². The Labute approximate surface area is 177 Å². The Bertz CT molecular complexity index is 651. The summed E-state index contributed by atoms with van der Waals surface area (Å²) < 4.78 is 0. The highest BCUT2D eigenvalue weighted by atomic mass is 16.6. The van der Waals surface area contributed by atoms with Gasteiger partial charge in [0.25, 0.3) is 0 Å². The molecule has 0 aliphatic rings. The van der Waals surface area contributed by atoms with Gasteiger partial charge in [-0.2, -0.15) is 0 Å². The maximum atomic E-state index is 11.7. The van der Waals surface area contributed by atoms with Gasteiger partial charge in [0.2, 0.25) is 18.2 Å². The van der Waals surface area contributed by atoms with Gasteiger partial charge in [0, 0.05) is 25.8 Å². The third kappa shape index (κ3) is 15.7. The average Bonchev–Trinajstić information content (AvgIpc) is 2.59. The van der Waals surface area contributed by atoms with E-state index in [9.17, 15) is 49.2 Å². The average molecular weight is 448 g/mol. The number of hydrogen-bond acceptors (Lipinski definition) is 11. The van der Waals surface area contributed by atoms with Crippen molar-refractivity contribution < 1.29 is 49.2 Å². The van der Waals surface area contributed by atoms with Crippen LogP contribution in [0.15, 0.2) is 0 Å². The van der Waals surface area contributed by atoms with E-state index in [4.69, 9.17) is 0 Å². The number of ketones is 2. The van der Waals surface area contributed by atoms with Crippen LogP contribution >= 0.6 is 0 Å². The van der Waals surface area contributed by atoms with Crippen molar-refractivity contribution in [3.63, 3.8) is 0 Å². The molecule has 0 rings (SSSR count). The van der Waals surface area contributed by atoms with E-state index < -0.39 is 48.3 Å². The van der Waals surface area contributed by atoms with Crippen molar-refractivity contribution in [1.82, 2.24) is 21.3 Å². The molecule has 0 fully saturated rings. The summed E-state index contributed by atoms with van der Waals surface area (Å²) in [5.74, 6) is -3.26. The minimum atomic E-state index is -3.17. The van der Waals surface area contributed by atoms with Crippen LogP contribution in [0.4, 0.5) is 0 Å². The summed E-state index contributed by atoms with van der Waals surface area (Å²) in [5.41, 5.74) is 0. The molecule has 0 aliphatic carbocycles. The molecule has 31 heavy (non-hydrogen) atoms. The minimum absolute atomic E-state index is 0.0314. The Morgan fingerprint density at radius 3 is 1.74 bits per heavy atom. The predicted molar refractivity (Wildman–Crippen MR) is 101 cm³/mol. The molecule has 0 unspecified atom stereocenters. The van der Waals surface area contributed by atoms with Crippen LogP contribution < -0.4 is 21.3 Å². The Balaban J connectivity index is 4.17. The van der Waals surface area contributed by atoms with Crippen molar-refractivity contribution >= 4 is 36.1 Å². The van der Waals surface area contributed by atoms with Crippen LogP contribution in [0.25, 0.3) is 0 Å². The fourth-order valence-electron chi connectivity index (χ4n) is 2.27. The predicted octanol–water partition coefficient (Wildman–Crippen LogP) is -3.80. The number of amides is 3. The third-order valence-corrected chi connectivity index (χ3v) is 3.63. The molecule has 8 N–H and O–H groups in total. The minimum Gasteiger partial charge on any atom is -0.336 e. The molecule has 0 aromatic rings. The van der Waals surface area contributed by atoms with E-state index in [1.807, 2.05) is 0 Å². The lowest BCUT2D eigenvalue weighted by Crippen LogP contribution is -2.61. The highest BCUT2D eigenvalue weighted by molar-refractivity contribution is 5.99.